The third kappa shape index (κ3) is 5.38. The lowest BCUT2D eigenvalue weighted by atomic mass is 9.99. The first-order valence-electron chi connectivity index (χ1n) is 10.2. The van der Waals surface area contributed by atoms with Crippen LogP contribution in [0.25, 0.3) is 0 Å². The van der Waals surface area contributed by atoms with Crippen molar-refractivity contribution in [1.82, 2.24) is 13.9 Å². The van der Waals surface area contributed by atoms with Crippen LogP contribution in [0.3, 0.4) is 0 Å². The van der Waals surface area contributed by atoms with Gasteiger partial charge < -0.3 is 10.1 Å². The molecule has 2 saturated heterocycles. The third-order valence-electron chi connectivity index (χ3n) is 5.51. The van der Waals surface area contributed by atoms with Crippen molar-refractivity contribution >= 4 is 26.0 Å². The molecule has 11 heteroatoms. The molecule has 1 N–H and O–H groups in total. The zero-order valence-electron chi connectivity index (χ0n) is 17.1. The Morgan fingerprint density at radius 2 is 1.73 bits per heavy atom. The second kappa shape index (κ2) is 9.73. The van der Waals surface area contributed by atoms with Gasteiger partial charge in [-0.15, -0.1) is 0 Å². The Hall–Kier alpha value is -1.53. The number of carbonyl (C=O) groups excluding carboxylic acids is 1. The van der Waals surface area contributed by atoms with Crippen LogP contribution in [-0.4, -0.2) is 76.5 Å². The van der Waals surface area contributed by atoms with E-state index in [0.717, 1.165) is 5.56 Å². The van der Waals surface area contributed by atoms with Crippen LogP contribution in [0, 0.1) is 5.92 Å². The van der Waals surface area contributed by atoms with Gasteiger partial charge in [-0.05, 0) is 37.5 Å². The van der Waals surface area contributed by atoms with E-state index < -0.39 is 20.0 Å². The van der Waals surface area contributed by atoms with Gasteiger partial charge in [0.15, 0.2) is 0 Å². The molecule has 0 radical (unpaired) electrons. The van der Waals surface area contributed by atoms with Crippen LogP contribution in [0.15, 0.2) is 29.2 Å². The Morgan fingerprint density at radius 1 is 1.07 bits per heavy atom. The van der Waals surface area contributed by atoms with Crippen molar-refractivity contribution in [3.63, 3.8) is 0 Å². The first kappa shape index (κ1) is 23.1. The van der Waals surface area contributed by atoms with Crippen LogP contribution in [0.4, 0.5) is 0 Å². The number of hydrogen-bond acceptors (Lipinski definition) is 6. The van der Waals surface area contributed by atoms with Gasteiger partial charge in [-0.3, -0.25) is 4.79 Å². The van der Waals surface area contributed by atoms with Crippen LogP contribution in [0.2, 0.25) is 0 Å². The molecule has 2 fully saturated rings. The fourth-order valence-electron chi connectivity index (χ4n) is 3.64. The summed E-state index contributed by atoms with van der Waals surface area (Å²) in [6.07, 6.45) is 1.31. The highest BCUT2D eigenvalue weighted by atomic mass is 32.2. The Bertz CT molecular complexity index is 941. The molecule has 2 heterocycles. The highest BCUT2D eigenvalue weighted by Gasteiger charge is 2.31. The van der Waals surface area contributed by atoms with Crippen molar-refractivity contribution in [3.05, 3.63) is 29.8 Å². The smallest absolute Gasteiger partial charge is 0.243 e. The van der Waals surface area contributed by atoms with Gasteiger partial charge in [0.05, 0.1) is 29.8 Å². The summed E-state index contributed by atoms with van der Waals surface area (Å²) in [5.74, 6) is -0.529. The fraction of sp³-hybridized carbons (Fsp3) is 0.632. The fourth-order valence-corrected chi connectivity index (χ4v) is 6.23. The number of carbonyl (C=O) groups is 1. The predicted molar refractivity (Wildman–Crippen MR) is 112 cm³/mol. The molecule has 2 aliphatic heterocycles. The van der Waals surface area contributed by atoms with Gasteiger partial charge in [0, 0.05) is 32.7 Å². The predicted octanol–water partition coefficient (Wildman–Crippen LogP) is 0.385. The monoisotopic (exact) mass is 459 g/mol. The number of amides is 1. The average molecular weight is 460 g/mol. The Kier molecular flexibility index (Phi) is 7.51. The van der Waals surface area contributed by atoms with Gasteiger partial charge in [0.2, 0.25) is 26.0 Å². The van der Waals surface area contributed by atoms with Crippen LogP contribution in [0.5, 0.6) is 0 Å². The van der Waals surface area contributed by atoms with Crippen LogP contribution >= 0.6 is 0 Å². The third-order valence-corrected chi connectivity index (χ3v) is 9.27. The maximum Gasteiger partial charge on any atom is 0.243 e. The summed E-state index contributed by atoms with van der Waals surface area (Å²) < 4.78 is 57.4. The van der Waals surface area contributed by atoms with E-state index >= 15 is 0 Å². The molecule has 3 rings (SSSR count). The normalized spacial score (nSPS) is 22.0. The number of nitrogens with zero attached hydrogens (tertiary/aromatic N) is 2. The first-order valence-corrected chi connectivity index (χ1v) is 13.2. The minimum Gasteiger partial charge on any atom is -0.379 e. The number of benzene rings is 1. The van der Waals surface area contributed by atoms with E-state index in [2.05, 4.69) is 5.32 Å². The lowest BCUT2D eigenvalue weighted by Gasteiger charge is -2.30. The Labute approximate surface area is 178 Å². The van der Waals surface area contributed by atoms with Crippen LogP contribution < -0.4 is 5.32 Å². The van der Waals surface area contributed by atoms with Gasteiger partial charge in [0.25, 0.3) is 0 Å². The van der Waals surface area contributed by atoms with E-state index in [4.69, 9.17) is 4.74 Å². The first-order chi connectivity index (χ1) is 14.2. The topological polar surface area (TPSA) is 113 Å². The number of morpholine rings is 1. The van der Waals surface area contributed by atoms with E-state index in [-0.39, 0.29) is 35.6 Å². The molecule has 0 bridgehead atoms. The minimum atomic E-state index is -3.55. The molecule has 30 heavy (non-hydrogen) atoms. The molecule has 1 aromatic carbocycles. The van der Waals surface area contributed by atoms with Crippen molar-refractivity contribution < 1.29 is 26.4 Å². The van der Waals surface area contributed by atoms with Gasteiger partial charge in [-0.1, -0.05) is 12.1 Å². The number of sulfonamides is 2. The maximum atomic E-state index is 12.7. The molecule has 1 aromatic rings. The van der Waals surface area contributed by atoms with Gasteiger partial charge in [-0.2, -0.15) is 4.31 Å². The van der Waals surface area contributed by atoms with Gasteiger partial charge in [0.1, 0.15) is 0 Å². The second-order valence-electron chi connectivity index (χ2n) is 7.48. The number of piperidine rings is 1. The summed E-state index contributed by atoms with van der Waals surface area (Å²) in [5.41, 5.74) is 0.776. The highest BCUT2D eigenvalue weighted by Crippen LogP contribution is 2.20. The zero-order chi connectivity index (χ0) is 21.8. The second-order valence-corrected chi connectivity index (χ2v) is 11.7. The van der Waals surface area contributed by atoms with E-state index in [1.807, 2.05) is 0 Å². The molecule has 0 unspecified atom stereocenters. The number of hydrogen-bond donors (Lipinski definition) is 1. The standard InChI is InChI=1S/C19H29N3O6S2/c1-2-29(24,25)22-9-3-4-17(15-22)19(23)20-14-16-5-7-18(8-6-16)30(26,27)21-10-12-28-13-11-21/h5-8,17H,2-4,9-15H2,1H3,(H,20,23)/t17-/m1/s1. The quantitative estimate of drug-likeness (QED) is 0.631. The Balaban J connectivity index is 1.56. The number of ether oxygens (including phenoxy) is 1. The van der Waals surface area contributed by atoms with E-state index in [9.17, 15) is 21.6 Å². The van der Waals surface area contributed by atoms with Crippen molar-refractivity contribution in [2.24, 2.45) is 5.92 Å². The molecule has 9 nitrogen and oxygen atoms in total. The van der Waals surface area contributed by atoms with Crippen molar-refractivity contribution in [2.45, 2.75) is 31.2 Å². The molecule has 0 saturated carbocycles. The molecule has 0 aliphatic carbocycles. The lowest BCUT2D eigenvalue weighted by Crippen LogP contribution is -2.45. The van der Waals surface area contributed by atoms with E-state index in [0.29, 0.717) is 45.7 Å². The molecule has 1 atom stereocenters. The summed E-state index contributed by atoms with van der Waals surface area (Å²) in [6.45, 7) is 3.98. The summed E-state index contributed by atoms with van der Waals surface area (Å²) in [6, 6.07) is 6.45. The van der Waals surface area contributed by atoms with Crippen LogP contribution in [0.1, 0.15) is 25.3 Å². The van der Waals surface area contributed by atoms with Crippen molar-refractivity contribution in [2.75, 3.05) is 45.1 Å². The summed E-state index contributed by atoms with van der Waals surface area (Å²) >= 11 is 0. The van der Waals surface area contributed by atoms with E-state index in [1.165, 1.54) is 8.61 Å². The van der Waals surface area contributed by atoms with Crippen molar-refractivity contribution in [1.29, 1.82) is 0 Å². The molecule has 168 valence electrons. The lowest BCUT2D eigenvalue weighted by molar-refractivity contribution is -0.126. The van der Waals surface area contributed by atoms with Crippen LogP contribution in [-0.2, 0) is 36.1 Å². The summed E-state index contributed by atoms with van der Waals surface area (Å²) in [7, 11) is -6.84. The highest BCUT2D eigenvalue weighted by molar-refractivity contribution is 7.89. The number of nitrogens with one attached hydrogen (secondary N) is 1. The molecular formula is C19H29N3O6S2. The SMILES string of the molecule is CCS(=O)(=O)N1CCC[C@@H](C(=O)NCc2ccc(S(=O)(=O)N3CCOCC3)cc2)C1. The molecule has 2 aliphatic rings. The van der Waals surface area contributed by atoms with Crippen molar-refractivity contribution in [3.8, 4) is 0 Å². The zero-order valence-corrected chi connectivity index (χ0v) is 18.8. The summed E-state index contributed by atoms with van der Waals surface area (Å²) in [5, 5.41) is 2.84. The van der Waals surface area contributed by atoms with Gasteiger partial charge in [-0.25, -0.2) is 21.1 Å². The molecule has 1 amide bonds. The average Bonchev–Trinajstić information content (AvgIpc) is 2.78. The summed E-state index contributed by atoms with van der Waals surface area (Å²) in [4.78, 5) is 12.7. The number of rotatable bonds is 7. The largest absolute Gasteiger partial charge is 0.379 e. The van der Waals surface area contributed by atoms with Gasteiger partial charge >= 0.3 is 0 Å². The van der Waals surface area contributed by atoms with E-state index in [1.54, 1.807) is 31.2 Å². The molecule has 0 aromatic heterocycles. The maximum absolute atomic E-state index is 12.7. The molecule has 0 spiro atoms. The minimum absolute atomic E-state index is 0.0288. The molecular weight excluding hydrogens is 430 g/mol. The Morgan fingerprint density at radius 3 is 2.37 bits per heavy atom.